The van der Waals surface area contributed by atoms with Crippen LogP contribution < -0.4 is 0 Å². The Morgan fingerprint density at radius 1 is 0.404 bits per heavy atom. The average Bonchev–Trinajstić information content (AvgIpc) is 3.55. The third-order valence-electron chi connectivity index (χ3n) is 8.62. The van der Waals surface area contributed by atoms with Crippen molar-refractivity contribution in [3.05, 3.63) is 164 Å². The van der Waals surface area contributed by atoms with Crippen molar-refractivity contribution in [2.75, 3.05) is 0 Å². The Bertz CT molecular complexity index is 2550. The first-order valence-corrected chi connectivity index (χ1v) is 15.7. The number of fused-ring (bicyclic) bond motifs is 5. The first-order valence-electron chi connectivity index (χ1n) is 15.7. The standard InChI is InChI=1S/C42H27N5/c1-3-12-28(13-4-1)29-21-23-31(24-22-29)37-27-36(30-14-5-2-6-15-30)44-42(45-37)33-17-11-16-32(26-33)39-41-40(34-18-7-8-19-35(34)43-39)46-38-20-9-10-25-47(38)41/h1-27H. The second kappa shape index (κ2) is 11.2. The van der Waals surface area contributed by atoms with Gasteiger partial charge in [-0.15, -0.1) is 0 Å². The summed E-state index contributed by atoms with van der Waals surface area (Å²) in [6, 6.07) is 54.0. The number of imidazole rings is 1. The van der Waals surface area contributed by atoms with Crippen LogP contribution >= 0.6 is 0 Å². The summed E-state index contributed by atoms with van der Waals surface area (Å²) < 4.78 is 2.13. The minimum atomic E-state index is 0.658. The number of benzene rings is 5. The summed E-state index contributed by atoms with van der Waals surface area (Å²) in [5, 5.41) is 1.04. The number of pyridine rings is 2. The van der Waals surface area contributed by atoms with Crippen molar-refractivity contribution >= 4 is 27.6 Å². The van der Waals surface area contributed by atoms with Crippen molar-refractivity contribution in [2.24, 2.45) is 0 Å². The van der Waals surface area contributed by atoms with E-state index in [0.29, 0.717) is 5.82 Å². The number of nitrogens with zero attached hydrogens (tertiary/aromatic N) is 5. The van der Waals surface area contributed by atoms with E-state index < -0.39 is 0 Å². The third-order valence-corrected chi connectivity index (χ3v) is 8.62. The molecule has 5 heteroatoms. The molecule has 0 aliphatic rings. The van der Waals surface area contributed by atoms with E-state index in [9.17, 15) is 0 Å². The molecule has 9 aromatic rings. The van der Waals surface area contributed by atoms with Gasteiger partial charge in [-0.05, 0) is 41.5 Å². The van der Waals surface area contributed by atoms with E-state index >= 15 is 0 Å². The normalized spacial score (nSPS) is 11.4. The molecule has 0 radical (unpaired) electrons. The number of aromatic nitrogens is 5. The Labute approximate surface area is 271 Å². The quantitative estimate of drug-likeness (QED) is 0.197. The Kier molecular flexibility index (Phi) is 6.39. The summed E-state index contributed by atoms with van der Waals surface area (Å²) in [5.41, 5.74) is 12.6. The van der Waals surface area contributed by atoms with Crippen LogP contribution in [0.3, 0.4) is 0 Å². The van der Waals surface area contributed by atoms with E-state index in [1.54, 1.807) is 0 Å². The Balaban J connectivity index is 1.21. The van der Waals surface area contributed by atoms with E-state index in [1.807, 2.05) is 60.7 Å². The van der Waals surface area contributed by atoms with Crippen molar-refractivity contribution in [3.63, 3.8) is 0 Å². The first-order chi connectivity index (χ1) is 23.3. The molecular formula is C42H27N5. The third kappa shape index (κ3) is 4.82. The van der Waals surface area contributed by atoms with Crippen molar-refractivity contribution in [1.29, 1.82) is 0 Å². The minimum absolute atomic E-state index is 0.658. The van der Waals surface area contributed by atoms with Gasteiger partial charge in [-0.3, -0.25) is 4.40 Å². The lowest BCUT2D eigenvalue weighted by molar-refractivity contribution is 1.18. The lowest BCUT2D eigenvalue weighted by Gasteiger charge is -2.12. The maximum Gasteiger partial charge on any atom is 0.160 e. The van der Waals surface area contributed by atoms with E-state index in [-0.39, 0.29) is 0 Å². The highest BCUT2D eigenvalue weighted by Gasteiger charge is 2.18. The molecule has 4 aromatic heterocycles. The molecule has 0 fully saturated rings. The van der Waals surface area contributed by atoms with Gasteiger partial charge in [0.05, 0.1) is 28.1 Å². The SMILES string of the molecule is c1ccc(-c2ccc(-c3cc(-c4ccccc4)nc(-c4cccc(-c5nc6ccccc6c6nc7ccccn7c56)c4)n3)cc2)cc1. The first kappa shape index (κ1) is 26.9. The van der Waals surface area contributed by atoms with Crippen LogP contribution in [-0.2, 0) is 0 Å². The van der Waals surface area contributed by atoms with Gasteiger partial charge in [0.2, 0.25) is 0 Å². The summed E-state index contributed by atoms with van der Waals surface area (Å²) >= 11 is 0. The molecule has 0 unspecified atom stereocenters. The minimum Gasteiger partial charge on any atom is -0.298 e. The van der Waals surface area contributed by atoms with Gasteiger partial charge in [-0.25, -0.2) is 19.9 Å². The van der Waals surface area contributed by atoms with Crippen molar-refractivity contribution < 1.29 is 0 Å². The molecule has 4 heterocycles. The number of hydrogen-bond donors (Lipinski definition) is 0. The van der Waals surface area contributed by atoms with Crippen LogP contribution in [-0.4, -0.2) is 24.3 Å². The molecule has 0 amide bonds. The highest BCUT2D eigenvalue weighted by Crippen LogP contribution is 2.35. The van der Waals surface area contributed by atoms with E-state index in [2.05, 4.69) is 108 Å². The molecule has 0 aliphatic carbocycles. The zero-order valence-electron chi connectivity index (χ0n) is 25.3. The predicted molar refractivity (Wildman–Crippen MR) is 191 cm³/mol. The highest BCUT2D eigenvalue weighted by atomic mass is 15.0. The van der Waals surface area contributed by atoms with Crippen LogP contribution in [0, 0.1) is 0 Å². The monoisotopic (exact) mass is 601 g/mol. The second-order valence-electron chi connectivity index (χ2n) is 11.6. The molecular weight excluding hydrogens is 574 g/mol. The molecule has 0 N–H and O–H groups in total. The zero-order chi connectivity index (χ0) is 31.2. The second-order valence-corrected chi connectivity index (χ2v) is 11.6. The molecule has 220 valence electrons. The van der Waals surface area contributed by atoms with E-state index in [1.165, 1.54) is 11.1 Å². The maximum absolute atomic E-state index is 5.19. The maximum atomic E-state index is 5.19. The van der Waals surface area contributed by atoms with Crippen molar-refractivity contribution in [3.8, 4) is 56.3 Å². The van der Waals surface area contributed by atoms with Gasteiger partial charge in [0, 0.05) is 33.8 Å². The fourth-order valence-corrected chi connectivity index (χ4v) is 6.31. The molecule has 0 saturated heterocycles. The molecule has 0 spiro atoms. The van der Waals surface area contributed by atoms with Crippen LogP contribution in [0.25, 0.3) is 83.9 Å². The summed E-state index contributed by atoms with van der Waals surface area (Å²) in [5.74, 6) is 0.658. The summed E-state index contributed by atoms with van der Waals surface area (Å²) in [7, 11) is 0. The highest BCUT2D eigenvalue weighted by molar-refractivity contribution is 6.09. The van der Waals surface area contributed by atoms with E-state index in [0.717, 1.165) is 66.9 Å². The van der Waals surface area contributed by atoms with Crippen LogP contribution in [0.2, 0.25) is 0 Å². The predicted octanol–water partition coefficient (Wildman–Crippen LogP) is 10.2. The van der Waals surface area contributed by atoms with Gasteiger partial charge >= 0.3 is 0 Å². The fraction of sp³-hybridized carbons (Fsp3) is 0. The van der Waals surface area contributed by atoms with Crippen LogP contribution in [0.1, 0.15) is 0 Å². The van der Waals surface area contributed by atoms with Crippen LogP contribution in [0.5, 0.6) is 0 Å². The average molecular weight is 602 g/mol. The summed E-state index contributed by atoms with van der Waals surface area (Å²) in [4.78, 5) is 20.5. The summed E-state index contributed by atoms with van der Waals surface area (Å²) in [6.45, 7) is 0. The number of hydrogen-bond acceptors (Lipinski definition) is 4. The molecule has 0 aliphatic heterocycles. The van der Waals surface area contributed by atoms with Gasteiger partial charge in [-0.1, -0.05) is 127 Å². The molecule has 5 aromatic carbocycles. The zero-order valence-corrected chi connectivity index (χ0v) is 25.3. The van der Waals surface area contributed by atoms with E-state index in [4.69, 9.17) is 19.9 Å². The van der Waals surface area contributed by atoms with Gasteiger partial charge in [0.25, 0.3) is 0 Å². The van der Waals surface area contributed by atoms with Crippen molar-refractivity contribution in [1.82, 2.24) is 24.3 Å². The smallest absolute Gasteiger partial charge is 0.160 e. The molecule has 0 bridgehead atoms. The Morgan fingerprint density at radius 2 is 1.00 bits per heavy atom. The molecule has 9 rings (SSSR count). The molecule has 0 saturated carbocycles. The van der Waals surface area contributed by atoms with Gasteiger partial charge in [0.15, 0.2) is 5.82 Å². The summed E-state index contributed by atoms with van der Waals surface area (Å²) in [6.07, 6.45) is 2.05. The lowest BCUT2D eigenvalue weighted by atomic mass is 10.0. The van der Waals surface area contributed by atoms with Gasteiger partial charge in [0.1, 0.15) is 11.2 Å². The molecule has 47 heavy (non-hydrogen) atoms. The molecule has 0 atom stereocenters. The topological polar surface area (TPSA) is 56.0 Å². The van der Waals surface area contributed by atoms with Crippen molar-refractivity contribution in [2.45, 2.75) is 0 Å². The fourth-order valence-electron chi connectivity index (χ4n) is 6.31. The van der Waals surface area contributed by atoms with Gasteiger partial charge in [-0.2, -0.15) is 0 Å². The van der Waals surface area contributed by atoms with Crippen LogP contribution in [0.15, 0.2) is 164 Å². The Hall–Kier alpha value is -6.46. The number of rotatable bonds is 5. The molecule has 5 nitrogen and oxygen atoms in total. The lowest BCUT2D eigenvalue weighted by Crippen LogP contribution is -1.97. The largest absolute Gasteiger partial charge is 0.298 e. The van der Waals surface area contributed by atoms with Crippen LogP contribution in [0.4, 0.5) is 0 Å². The number of para-hydroxylation sites is 1. The van der Waals surface area contributed by atoms with Gasteiger partial charge < -0.3 is 0 Å². The Morgan fingerprint density at radius 3 is 1.79 bits per heavy atom.